The first-order chi connectivity index (χ1) is 16.3. The summed E-state index contributed by atoms with van der Waals surface area (Å²) in [6.45, 7) is 1.66. The second-order valence-corrected chi connectivity index (χ2v) is 8.61. The van der Waals surface area contributed by atoms with Crippen molar-refractivity contribution in [2.45, 2.75) is 31.8 Å². The van der Waals surface area contributed by atoms with E-state index in [4.69, 9.17) is 9.84 Å². The maximum Gasteiger partial charge on any atom is 0.407 e. The second-order valence-electron chi connectivity index (χ2n) is 8.61. The van der Waals surface area contributed by atoms with E-state index < -0.39 is 29.6 Å². The number of hydrogen-bond donors (Lipinski definition) is 2. The lowest BCUT2D eigenvalue weighted by Gasteiger charge is -2.29. The van der Waals surface area contributed by atoms with Gasteiger partial charge in [-0.15, -0.1) is 0 Å². The molecule has 34 heavy (non-hydrogen) atoms. The summed E-state index contributed by atoms with van der Waals surface area (Å²) in [4.78, 5) is 34.5. The third-order valence-electron chi connectivity index (χ3n) is 6.27. The van der Waals surface area contributed by atoms with Gasteiger partial charge in [-0.05, 0) is 49.3 Å². The summed E-state index contributed by atoms with van der Waals surface area (Å²) in [5, 5.41) is 18.6. The van der Waals surface area contributed by atoms with E-state index in [1.165, 1.54) is 17.3 Å². The van der Waals surface area contributed by atoms with E-state index in [1.54, 1.807) is 4.90 Å². The molecule has 3 heterocycles. The normalized spacial score (nSPS) is 17.6. The minimum absolute atomic E-state index is 0.00993. The number of piperidine rings is 2. The Labute approximate surface area is 195 Å². The SMILES string of the molecule is O=C(O)N1CCC(COc2c(F)cc(-c3cnc(C(=O)N4CCC(O)CC4)nc3)cc2F)CC1. The number of aliphatic hydroxyl groups is 1. The first-order valence-electron chi connectivity index (χ1n) is 11.2. The molecule has 182 valence electrons. The smallest absolute Gasteiger partial charge is 0.407 e. The molecule has 2 aliphatic rings. The molecule has 2 saturated heterocycles. The largest absolute Gasteiger partial charge is 0.487 e. The van der Waals surface area contributed by atoms with Crippen molar-refractivity contribution in [2.75, 3.05) is 32.8 Å². The van der Waals surface area contributed by atoms with E-state index in [-0.39, 0.29) is 29.8 Å². The summed E-state index contributed by atoms with van der Waals surface area (Å²) in [7, 11) is 0. The van der Waals surface area contributed by atoms with Gasteiger partial charge >= 0.3 is 6.09 Å². The fraction of sp³-hybridized carbons (Fsp3) is 0.478. The Bertz CT molecular complexity index is 1010. The third-order valence-corrected chi connectivity index (χ3v) is 6.27. The molecule has 0 aliphatic carbocycles. The van der Waals surface area contributed by atoms with Crippen molar-refractivity contribution in [1.29, 1.82) is 0 Å². The summed E-state index contributed by atoms with van der Waals surface area (Å²) in [6.07, 6.45) is 3.42. The summed E-state index contributed by atoms with van der Waals surface area (Å²) in [5.41, 5.74) is 0.549. The molecular weight excluding hydrogens is 450 g/mol. The van der Waals surface area contributed by atoms with E-state index in [0.717, 1.165) is 12.1 Å². The molecule has 1 aromatic heterocycles. The van der Waals surface area contributed by atoms with Crippen LogP contribution in [0.25, 0.3) is 11.1 Å². The van der Waals surface area contributed by atoms with Crippen LogP contribution in [0.4, 0.5) is 13.6 Å². The minimum atomic E-state index is -0.972. The lowest BCUT2D eigenvalue weighted by molar-refractivity contribution is 0.0536. The molecule has 0 atom stereocenters. The van der Waals surface area contributed by atoms with Crippen molar-refractivity contribution in [1.82, 2.24) is 19.8 Å². The number of likely N-dealkylation sites (tertiary alicyclic amines) is 2. The average Bonchev–Trinajstić information content (AvgIpc) is 2.84. The number of benzene rings is 1. The first kappa shape index (κ1) is 23.8. The standard InChI is InChI=1S/C23H26F2N4O5/c24-18-9-15(10-19(25)20(18)34-13-14-1-5-29(6-2-14)23(32)33)16-11-26-21(27-12-16)22(31)28-7-3-17(30)4-8-28/h9-12,14,17,30H,1-8,13H2,(H,32,33). The fourth-order valence-corrected chi connectivity index (χ4v) is 4.15. The molecule has 2 N–H and O–H groups in total. The van der Waals surface area contributed by atoms with Crippen LogP contribution in [-0.4, -0.2) is 80.9 Å². The Morgan fingerprint density at radius 3 is 2.06 bits per heavy atom. The molecule has 0 unspecified atom stereocenters. The van der Waals surface area contributed by atoms with Crippen LogP contribution in [0.2, 0.25) is 0 Å². The quantitative estimate of drug-likeness (QED) is 0.682. The zero-order valence-corrected chi connectivity index (χ0v) is 18.5. The van der Waals surface area contributed by atoms with E-state index in [9.17, 15) is 23.5 Å². The Balaban J connectivity index is 1.38. The van der Waals surface area contributed by atoms with Crippen molar-refractivity contribution in [3.05, 3.63) is 42.0 Å². The number of hydrogen-bond acceptors (Lipinski definition) is 6. The van der Waals surface area contributed by atoms with Crippen molar-refractivity contribution in [3.63, 3.8) is 0 Å². The molecule has 4 rings (SSSR count). The molecular formula is C23H26F2N4O5. The number of carbonyl (C=O) groups is 2. The zero-order valence-electron chi connectivity index (χ0n) is 18.5. The molecule has 1 aromatic carbocycles. The minimum Gasteiger partial charge on any atom is -0.487 e. The summed E-state index contributed by atoms with van der Waals surface area (Å²) >= 11 is 0. The van der Waals surface area contributed by atoms with Gasteiger partial charge in [0, 0.05) is 44.1 Å². The number of nitrogens with zero attached hydrogens (tertiary/aromatic N) is 4. The van der Waals surface area contributed by atoms with E-state index >= 15 is 0 Å². The number of aliphatic hydroxyl groups excluding tert-OH is 1. The van der Waals surface area contributed by atoms with Gasteiger partial charge in [-0.2, -0.15) is 0 Å². The number of amides is 2. The van der Waals surface area contributed by atoms with Gasteiger partial charge in [0.1, 0.15) is 0 Å². The Morgan fingerprint density at radius 2 is 1.50 bits per heavy atom. The monoisotopic (exact) mass is 476 g/mol. The molecule has 2 aromatic rings. The van der Waals surface area contributed by atoms with Crippen molar-refractivity contribution in [3.8, 4) is 16.9 Å². The maximum absolute atomic E-state index is 14.6. The van der Waals surface area contributed by atoms with Gasteiger partial charge in [0.05, 0.1) is 12.7 Å². The van der Waals surface area contributed by atoms with Gasteiger partial charge in [0.25, 0.3) is 5.91 Å². The Hall–Kier alpha value is -3.34. The molecule has 11 heteroatoms. The van der Waals surface area contributed by atoms with Crippen LogP contribution in [0.15, 0.2) is 24.5 Å². The van der Waals surface area contributed by atoms with Crippen LogP contribution in [0.3, 0.4) is 0 Å². The number of ether oxygens (including phenoxy) is 1. The first-order valence-corrected chi connectivity index (χ1v) is 11.2. The van der Waals surface area contributed by atoms with Gasteiger partial charge < -0.3 is 24.7 Å². The molecule has 2 fully saturated rings. The second kappa shape index (κ2) is 10.3. The lowest BCUT2D eigenvalue weighted by atomic mass is 9.98. The van der Waals surface area contributed by atoms with Gasteiger partial charge in [-0.1, -0.05) is 0 Å². The fourth-order valence-electron chi connectivity index (χ4n) is 4.15. The van der Waals surface area contributed by atoms with E-state index in [1.807, 2.05) is 0 Å². The highest BCUT2D eigenvalue weighted by Gasteiger charge is 2.25. The summed E-state index contributed by atoms with van der Waals surface area (Å²) in [6, 6.07) is 2.25. The molecule has 0 radical (unpaired) electrons. The van der Waals surface area contributed by atoms with Gasteiger partial charge in [-0.25, -0.2) is 23.5 Å². The van der Waals surface area contributed by atoms with Gasteiger partial charge in [0.15, 0.2) is 17.4 Å². The van der Waals surface area contributed by atoms with Crippen molar-refractivity contribution in [2.24, 2.45) is 5.92 Å². The van der Waals surface area contributed by atoms with Crippen molar-refractivity contribution < 1.29 is 33.3 Å². The molecule has 0 bridgehead atoms. The lowest BCUT2D eigenvalue weighted by Crippen LogP contribution is -2.40. The predicted molar refractivity (Wildman–Crippen MR) is 116 cm³/mol. The Morgan fingerprint density at radius 1 is 0.941 bits per heavy atom. The predicted octanol–water partition coefficient (Wildman–Crippen LogP) is 2.79. The molecule has 2 amide bonds. The number of carbonyl (C=O) groups excluding carboxylic acids is 1. The Kier molecular flexibility index (Phi) is 7.20. The third kappa shape index (κ3) is 5.41. The van der Waals surface area contributed by atoms with Crippen LogP contribution >= 0.6 is 0 Å². The number of aromatic nitrogens is 2. The summed E-state index contributed by atoms with van der Waals surface area (Å²) in [5.74, 6) is -2.58. The van der Waals surface area contributed by atoms with Crippen LogP contribution in [0.5, 0.6) is 5.75 Å². The number of halogens is 2. The highest BCUT2D eigenvalue weighted by molar-refractivity contribution is 5.90. The summed E-state index contributed by atoms with van der Waals surface area (Å²) < 4.78 is 34.7. The molecule has 0 spiro atoms. The van der Waals surface area contributed by atoms with Gasteiger partial charge in [0.2, 0.25) is 5.82 Å². The topological polar surface area (TPSA) is 116 Å². The average molecular weight is 476 g/mol. The van der Waals surface area contributed by atoms with E-state index in [2.05, 4.69) is 9.97 Å². The zero-order chi connectivity index (χ0) is 24.2. The highest BCUT2D eigenvalue weighted by Crippen LogP contribution is 2.30. The van der Waals surface area contributed by atoms with Gasteiger partial charge in [-0.3, -0.25) is 4.79 Å². The molecule has 9 nitrogen and oxygen atoms in total. The van der Waals surface area contributed by atoms with Crippen LogP contribution in [-0.2, 0) is 0 Å². The van der Waals surface area contributed by atoms with Crippen LogP contribution < -0.4 is 4.74 Å². The highest BCUT2D eigenvalue weighted by atomic mass is 19.1. The maximum atomic E-state index is 14.6. The number of rotatable bonds is 5. The van der Waals surface area contributed by atoms with Crippen LogP contribution in [0, 0.1) is 17.6 Å². The number of carboxylic acid groups (broad SMARTS) is 1. The van der Waals surface area contributed by atoms with Crippen LogP contribution in [0.1, 0.15) is 36.3 Å². The molecule has 0 saturated carbocycles. The van der Waals surface area contributed by atoms with Crippen molar-refractivity contribution >= 4 is 12.0 Å². The van der Waals surface area contributed by atoms with E-state index in [0.29, 0.717) is 57.4 Å². The molecule has 2 aliphatic heterocycles.